The number of anilines is 2. The van der Waals surface area contributed by atoms with E-state index < -0.39 is 12.0 Å². The molecule has 0 aromatic carbocycles. The average molecular weight is 328 g/mol. The fourth-order valence-electron chi connectivity index (χ4n) is 2.39. The molecule has 3 heterocycles. The molecule has 0 aliphatic carbocycles. The molecule has 2 aromatic rings. The molecule has 6 nitrogen and oxygen atoms in total. The van der Waals surface area contributed by atoms with Gasteiger partial charge in [-0.15, -0.1) is 10.2 Å². The van der Waals surface area contributed by atoms with Crippen LogP contribution in [-0.4, -0.2) is 33.3 Å². The van der Waals surface area contributed by atoms with Gasteiger partial charge in [-0.05, 0) is 12.1 Å². The summed E-state index contributed by atoms with van der Waals surface area (Å²) in [6, 6.07) is 3.66. The fourth-order valence-corrected chi connectivity index (χ4v) is 2.39. The van der Waals surface area contributed by atoms with E-state index in [1.54, 1.807) is 19.3 Å². The van der Waals surface area contributed by atoms with Gasteiger partial charge < -0.3 is 14.8 Å². The molecule has 0 saturated carbocycles. The number of pyridine rings is 1. The first-order chi connectivity index (χ1) is 11.0. The zero-order valence-electron chi connectivity index (χ0n) is 13.2. The summed E-state index contributed by atoms with van der Waals surface area (Å²) in [7, 11) is 1.77. The minimum absolute atomic E-state index is 0.177. The second kappa shape index (κ2) is 6.84. The Morgan fingerprint density at radius 3 is 2.57 bits per heavy atom. The largest absolute Gasteiger partial charge is 0.451 e. The summed E-state index contributed by atoms with van der Waals surface area (Å²) in [5.74, 6) is 0.0519. The molecular weight excluding hydrogens is 309 g/mol. The Kier molecular flexibility index (Phi) is 5.07. The lowest BCUT2D eigenvalue weighted by Gasteiger charge is -2.30. The molecular formula is C14H19F3N6. The summed E-state index contributed by atoms with van der Waals surface area (Å²) < 4.78 is 39.5. The maximum atomic E-state index is 12.8. The molecule has 0 spiro atoms. The fraction of sp³-hybridized carbons (Fsp3) is 0.500. The van der Waals surface area contributed by atoms with Gasteiger partial charge >= 0.3 is 6.18 Å². The van der Waals surface area contributed by atoms with E-state index in [0.29, 0.717) is 18.2 Å². The molecule has 9 heteroatoms. The van der Waals surface area contributed by atoms with E-state index in [4.69, 9.17) is 0 Å². The monoisotopic (exact) mass is 328 g/mol. The Balaban J connectivity index is 0.000000924. The van der Waals surface area contributed by atoms with Crippen molar-refractivity contribution in [2.75, 3.05) is 23.8 Å². The molecule has 0 saturated heterocycles. The van der Waals surface area contributed by atoms with Crippen LogP contribution >= 0.6 is 0 Å². The van der Waals surface area contributed by atoms with E-state index in [2.05, 4.69) is 20.5 Å². The molecule has 0 amide bonds. The summed E-state index contributed by atoms with van der Waals surface area (Å²) >= 11 is 0. The van der Waals surface area contributed by atoms with Crippen molar-refractivity contribution < 1.29 is 13.2 Å². The normalized spacial score (nSPS) is 13.9. The summed E-state index contributed by atoms with van der Waals surface area (Å²) in [5.41, 5.74) is 0.821. The molecule has 3 rings (SSSR count). The lowest BCUT2D eigenvalue weighted by atomic mass is 10.3. The van der Waals surface area contributed by atoms with Crippen molar-refractivity contribution in [3.8, 4) is 0 Å². The van der Waals surface area contributed by atoms with Gasteiger partial charge in [0, 0.05) is 26.3 Å². The minimum atomic E-state index is -4.48. The van der Waals surface area contributed by atoms with Gasteiger partial charge in [-0.25, -0.2) is 4.98 Å². The van der Waals surface area contributed by atoms with Crippen LogP contribution in [0.5, 0.6) is 0 Å². The third-order valence-electron chi connectivity index (χ3n) is 3.36. The van der Waals surface area contributed by atoms with E-state index in [9.17, 15) is 13.2 Å². The number of halogens is 3. The van der Waals surface area contributed by atoms with Crippen LogP contribution < -0.4 is 10.2 Å². The van der Waals surface area contributed by atoms with E-state index in [-0.39, 0.29) is 13.1 Å². The minimum Gasteiger partial charge on any atom is -0.385 e. The van der Waals surface area contributed by atoms with Crippen LogP contribution in [-0.2, 0) is 19.3 Å². The molecule has 1 aliphatic heterocycles. The van der Waals surface area contributed by atoms with Crippen molar-refractivity contribution in [3.63, 3.8) is 0 Å². The first-order valence-corrected chi connectivity index (χ1v) is 7.37. The van der Waals surface area contributed by atoms with Gasteiger partial charge in [-0.2, -0.15) is 13.2 Å². The Bertz CT molecular complexity index is 652. The zero-order valence-corrected chi connectivity index (χ0v) is 13.2. The van der Waals surface area contributed by atoms with Crippen LogP contribution in [0.4, 0.5) is 24.7 Å². The number of nitrogens with zero attached hydrogens (tertiary/aromatic N) is 5. The summed E-state index contributed by atoms with van der Waals surface area (Å²) in [5, 5.41) is 9.94. The molecule has 0 radical (unpaired) electrons. The van der Waals surface area contributed by atoms with Crippen LogP contribution in [0.15, 0.2) is 18.3 Å². The third kappa shape index (κ3) is 3.38. The van der Waals surface area contributed by atoms with E-state index in [1.165, 1.54) is 0 Å². The van der Waals surface area contributed by atoms with Crippen molar-refractivity contribution in [1.82, 2.24) is 19.7 Å². The van der Waals surface area contributed by atoms with Crippen LogP contribution in [0.1, 0.15) is 25.5 Å². The Morgan fingerprint density at radius 1 is 1.17 bits per heavy atom. The lowest BCUT2D eigenvalue weighted by molar-refractivity contribution is -0.147. The first kappa shape index (κ1) is 17.0. The van der Waals surface area contributed by atoms with Gasteiger partial charge in [0.1, 0.15) is 0 Å². The van der Waals surface area contributed by atoms with Crippen LogP contribution in [0.25, 0.3) is 0 Å². The van der Waals surface area contributed by atoms with Gasteiger partial charge in [0.15, 0.2) is 11.6 Å². The van der Waals surface area contributed by atoms with Crippen LogP contribution in [0.3, 0.4) is 0 Å². The number of aromatic nitrogens is 4. The highest BCUT2D eigenvalue weighted by Crippen LogP contribution is 2.31. The molecule has 126 valence electrons. The van der Waals surface area contributed by atoms with Crippen LogP contribution in [0, 0.1) is 0 Å². The predicted molar refractivity (Wildman–Crippen MR) is 81.2 cm³/mol. The highest BCUT2D eigenvalue weighted by atomic mass is 19.4. The van der Waals surface area contributed by atoms with Gasteiger partial charge in [0.2, 0.25) is 5.82 Å². The number of hydrogen-bond donors (Lipinski definition) is 1. The standard InChI is InChI=1S/C12H13F3N6.C2H6/c1-16-8-3-2-4-17-10(8)20-5-6-21-9(7-20)18-19-11(21)12(13,14)15;1-2/h2-4,16H,5-7H2,1H3;1-2H3. The maximum Gasteiger partial charge on any atom is 0.451 e. The number of nitrogens with one attached hydrogen (secondary N) is 1. The smallest absolute Gasteiger partial charge is 0.385 e. The maximum absolute atomic E-state index is 12.8. The van der Waals surface area contributed by atoms with Crippen molar-refractivity contribution in [2.24, 2.45) is 0 Å². The number of hydrogen-bond acceptors (Lipinski definition) is 5. The quantitative estimate of drug-likeness (QED) is 0.919. The summed E-state index contributed by atoms with van der Waals surface area (Å²) in [4.78, 5) is 6.17. The molecule has 23 heavy (non-hydrogen) atoms. The Labute approximate surface area is 132 Å². The molecule has 2 aromatic heterocycles. The topological polar surface area (TPSA) is 58.9 Å². The first-order valence-electron chi connectivity index (χ1n) is 7.37. The van der Waals surface area contributed by atoms with E-state index in [1.807, 2.05) is 24.8 Å². The number of alkyl halides is 3. The molecule has 1 aliphatic rings. The Hall–Kier alpha value is -2.32. The highest BCUT2D eigenvalue weighted by molar-refractivity contribution is 5.65. The second-order valence-electron chi connectivity index (χ2n) is 4.64. The second-order valence-corrected chi connectivity index (χ2v) is 4.64. The van der Waals surface area contributed by atoms with E-state index >= 15 is 0 Å². The summed E-state index contributed by atoms with van der Waals surface area (Å²) in [6.45, 7) is 4.84. The molecule has 0 bridgehead atoms. The summed E-state index contributed by atoms with van der Waals surface area (Å²) in [6.07, 6.45) is -2.83. The molecule has 1 N–H and O–H groups in total. The highest BCUT2D eigenvalue weighted by Gasteiger charge is 2.39. The predicted octanol–water partition coefficient (Wildman–Crippen LogP) is 2.78. The van der Waals surface area contributed by atoms with Gasteiger partial charge in [-0.1, -0.05) is 13.8 Å². The number of fused-ring (bicyclic) bond motifs is 1. The van der Waals surface area contributed by atoms with Gasteiger partial charge in [0.25, 0.3) is 0 Å². The van der Waals surface area contributed by atoms with Gasteiger partial charge in [-0.3, -0.25) is 0 Å². The van der Waals surface area contributed by atoms with Crippen molar-refractivity contribution in [3.05, 3.63) is 30.0 Å². The lowest BCUT2D eigenvalue weighted by Crippen LogP contribution is -2.36. The molecule has 0 atom stereocenters. The van der Waals surface area contributed by atoms with Crippen LogP contribution in [0.2, 0.25) is 0 Å². The SMILES string of the molecule is CC.CNc1cccnc1N1CCn2c(nnc2C(F)(F)F)C1. The van der Waals surface area contributed by atoms with Crippen molar-refractivity contribution >= 4 is 11.5 Å². The van der Waals surface area contributed by atoms with Crippen molar-refractivity contribution in [2.45, 2.75) is 33.1 Å². The van der Waals surface area contributed by atoms with Crippen molar-refractivity contribution in [1.29, 1.82) is 0 Å². The Morgan fingerprint density at radius 2 is 1.91 bits per heavy atom. The van der Waals surface area contributed by atoms with Gasteiger partial charge in [0.05, 0.1) is 12.2 Å². The third-order valence-corrected chi connectivity index (χ3v) is 3.36. The average Bonchev–Trinajstić information content (AvgIpc) is 3.00. The number of rotatable bonds is 2. The molecule has 0 unspecified atom stereocenters. The zero-order chi connectivity index (χ0) is 17.0. The van der Waals surface area contributed by atoms with E-state index in [0.717, 1.165) is 10.3 Å². The molecule has 0 fully saturated rings.